The minimum absolute atomic E-state index is 0.414. The van der Waals surface area contributed by atoms with E-state index in [4.69, 9.17) is 9.97 Å². The summed E-state index contributed by atoms with van der Waals surface area (Å²) in [6, 6.07) is 70.9. The van der Waals surface area contributed by atoms with E-state index in [1.807, 2.05) is 13.0 Å². The monoisotopic (exact) mass is 786 g/mol. The molecule has 0 radical (unpaired) electrons. The zero-order chi connectivity index (χ0) is 41.2. The van der Waals surface area contributed by atoms with Gasteiger partial charge in [-0.2, -0.15) is 4.48 Å². The highest BCUT2D eigenvalue weighted by atomic mass is 15.4. The van der Waals surface area contributed by atoms with Gasteiger partial charge in [-0.3, -0.25) is 4.90 Å². The van der Waals surface area contributed by atoms with Gasteiger partial charge in [-0.25, -0.2) is 9.97 Å². The van der Waals surface area contributed by atoms with E-state index in [-0.39, 0.29) is 0 Å². The van der Waals surface area contributed by atoms with Crippen LogP contribution in [0.2, 0.25) is 0 Å². The van der Waals surface area contributed by atoms with Crippen LogP contribution in [0.3, 0.4) is 0 Å². The lowest BCUT2D eigenvalue weighted by Crippen LogP contribution is -2.39. The van der Waals surface area contributed by atoms with Crippen LogP contribution in [-0.2, 0) is 0 Å². The first-order valence-electron chi connectivity index (χ1n) is 21.0. The molecule has 2 aromatic heterocycles. The minimum Gasteiger partial charge on any atom is -0.309 e. The lowest BCUT2D eigenvalue weighted by molar-refractivity contribution is 0.693. The Labute approximate surface area is 356 Å². The van der Waals surface area contributed by atoms with Gasteiger partial charge < -0.3 is 4.57 Å². The van der Waals surface area contributed by atoms with Crippen LogP contribution in [0.15, 0.2) is 194 Å². The van der Waals surface area contributed by atoms with Crippen LogP contribution >= 0.6 is 0 Å². The molecule has 5 nitrogen and oxygen atoms in total. The Hall–Kier alpha value is -7.60. The summed E-state index contributed by atoms with van der Waals surface area (Å²) in [7, 11) is 0. The summed E-state index contributed by atoms with van der Waals surface area (Å²) in [4.78, 5) is 12.3. The number of hydrogen-bond donors (Lipinski definition) is 0. The van der Waals surface area contributed by atoms with Crippen molar-refractivity contribution in [3.63, 3.8) is 0 Å². The highest BCUT2D eigenvalue weighted by molar-refractivity contribution is 6.11. The molecule has 8 aromatic carbocycles. The number of aromatic nitrogens is 3. The fraction of sp³-hybridized carbons (Fsp3) is 0.0714. The van der Waals surface area contributed by atoms with Crippen molar-refractivity contribution in [2.45, 2.75) is 27.7 Å². The zero-order valence-corrected chi connectivity index (χ0v) is 34.7. The molecule has 10 aromatic rings. The maximum Gasteiger partial charge on any atom is 0.172 e. The standard InChI is InChI=1S/C56H44N5/c1-37-24-32-50-53(34-37)61(45-20-12-7-13-21-45,46-30-31-48-47-22-14-15-23-49(47)59(52(48)36-46)43-18-10-6-11-19-43)54-35-38(2)25-33-51(54)60(50)44-28-26-42(27-29-44)56-39(3)55(57-40(4)58-56)41-16-8-5-9-17-41/h5-36H,1-4H3/q+1. The summed E-state index contributed by atoms with van der Waals surface area (Å²) in [5.41, 5.74) is 19.1. The number of aryl methyl sites for hydroxylation is 3. The Kier molecular flexibility index (Phi) is 8.55. The van der Waals surface area contributed by atoms with Crippen molar-refractivity contribution < 1.29 is 0 Å². The second-order valence-electron chi connectivity index (χ2n) is 16.2. The van der Waals surface area contributed by atoms with E-state index < -0.39 is 0 Å². The van der Waals surface area contributed by atoms with E-state index in [2.05, 4.69) is 218 Å². The molecular weight excluding hydrogens is 743 g/mol. The van der Waals surface area contributed by atoms with Gasteiger partial charge in [0.2, 0.25) is 0 Å². The Balaban J connectivity index is 1.15. The van der Waals surface area contributed by atoms with Gasteiger partial charge in [-0.05, 0) is 87.4 Å². The fourth-order valence-electron chi connectivity index (χ4n) is 9.65. The summed E-state index contributed by atoms with van der Waals surface area (Å²) < 4.78 is 2.84. The van der Waals surface area contributed by atoms with E-state index in [9.17, 15) is 0 Å². The van der Waals surface area contributed by atoms with Crippen LogP contribution in [0, 0.1) is 27.7 Å². The van der Waals surface area contributed by atoms with Gasteiger partial charge in [0.1, 0.15) is 28.6 Å². The molecule has 0 bridgehead atoms. The normalized spacial score (nSPS) is 13.0. The Morgan fingerprint density at radius 3 is 1.59 bits per heavy atom. The maximum absolute atomic E-state index is 4.98. The highest BCUT2D eigenvalue weighted by Gasteiger charge is 2.48. The molecule has 5 heteroatoms. The first-order chi connectivity index (χ1) is 29.9. The number of benzene rings is 8. The maximum atomic E-state index is 4.98. The molecule has 3 heterocycles. The summed E-state index contributed by atoms with van der Waals surface area (Å²) in [6.07, 6.45) is 0. The molecule has 0 spiro atoms. The summed E-state index contributed by atoms with van der Waals surface area (Å²) in [5, 5.41) is 2.47. The van der Waals surface area contributed by atoms with Crippen LogP contribution in [-0.4, -0.2) is 14.5 Å². The van der Waals surface area contributed by atoms with Crippen LogP contribution in [0.1, 0.15) is 22.5 Å². The number of anilines is 3. The van der Waals surface area contributed by atoms with E-state index >= 15 is 0 Å². The van der Waals surface area contributed by atoms with Crippen molar-refractivity contribution >= 4 is 61.6 Å². The van der Waals surface area contributed by atoms with Gasteiger partial charge in [0.25, 0.3) is 0 Å². The van der Waals surface area contributed by atoms with E-state index in [1.165, 1.54) is 50.0 Å². The van der Waals surface area contributed by atoms with Gasteiger partial charge >= 0.3 is 0 Å². The van der Waals surface area contributed by atoms with Gasteiger partial charge in [-0.1, -0.05) is 109 Å². The SMILES string of the molecule is Cc1ccc2c(c1)[N+](c1ccccc1)(c1ccc3c4ccccc4n(-c4ccccc4)c3c1)c1cc(C)ccc1N2c1ccc(-c2nc(C)nc(-c3ccccc3)c2C)cc1. The van der Waals surface area contributed by atoms with E-state index in [1.54, 1.807) is 0 Å². The van der Waals surface area contributed by atoms with E-state index in [0.29, 0.717) is 4.48 Å². The molecular formula is C56H44N5+. The third-order valence-electron chi connectivity index (χ3n) is 12.4. The largest absolute Gasteiger partial charge is 0.309 e. The molecule has 0 fully saturated rings. The first kappa shape index (κ1) is 36.5. The summed E-state index contributed by atoms with van der Waals surface area (Å²) in [6.45, 7) is 8.52. The molecule has 1 aliphatic heterocycles. The smallest absolute Gasteiger partial charge is 0.172 e. The third kappa shape index (κ3) is 5.73. The van der Waals surface area contributed by atoms with Crippen LogP contribution < -0.4 is 9.38 Å². The predicted octanol–water partition coefficient (Wildman–Crippen LogP) is 15.2. The Morgan fingerprint density at radius 2 is 0.951 bits per heavy atom. The summed E-state index contributed by atoms with van der Waals surface area (Å²) in [5.74, 6) is 0.755. The lowest BCUT2D eigenvalue weighted by atomic mass is 9.96. The van der Waals surface area contributed by atoms with Gasteiger partial charge in [0.05, 0.1) is 22.4 Å². The fourth-order valence-corrected chi connectivity index (χ4v) is 9.65. The average molecular weight is 787 g/mol. The Bertz CT molecular complexity index is 3230. The molecule has 0 N–H and O–H groups in total. The topological polar surface area (TPSA) is 34.0 Å². The average Bonchev–Trinajstić information content (AvgIpc) is 3.63. The molecule has 61 heavy (non-hydrogen) atoms. The number of hydrogen-bond acceptors (Lipinski definition) is 3. The molecule has 292 valence electrons. The van der Waals surface area contributed by atoms with Crippen LogP contribution in [0.25, 0.3) is 50.0 Å². The van der Waals surface area contributed by atoms with Crippen molar-refractivity contribution in [2.75, 3.05) is 4.90 Å². The molecule has 0 amide bonds. The molecule has 11 rings (SSSR count). The number of rotatable bonds is 6. The molecule has 0 aliphatic carbocycles. The molecule has 0 saturated heterocycles. The second kappa shape index (κ2) is 14.3. The van der Waals surface area contributed by atoms with Crippen LogP contribution in [0.4, 0.5) is 39.8 Å². The first-order valence-corrected chi connectivity index (χ1v) is 21.0. The highest BCUT2D eigenvalue weighted by Crippen LogP contribution is 2.63. The predicted molar refractivity (Wildman–Crippen MR) is 255 cm³/mol. The Morgan fingerprint density at radius 1 is 0.410 bits per heavy atom. The van der Waals surface area contributed by atoms with Crippen molar-refractivity contribution in [1.82, 2.24) is 19.0 Å². The van der Waals surface area contributed by atoms with Crippen molar-refractivity contribution in [1.29, 1.82) is 0 Å². The third-order valence-corrected chi connectivity index (χ3v) is 12.4. The quantitative estimate of drug-likeness (QED) is 0.157. The summed E-state index contributed by atoms with van der Waals surface area (Å²) >= 11 is 0. The van der Waals surface area contributed by atoms with Crippen LogP contribution in [0.5, 0.6) is 0 Å². The second-order valence-corrected chi connectivity index (χ2v) is 16.2. The molecule has 0 unspecified atom stereocenters. The minimum atomic E-state index is 0.414. The van der Waals surface area contributed by atoms with Gasteiger partial charge in [0, 0.05) is 75.2 Å². The molecule has 0 atom stereocenters. The lowest BCUT2D eigenvalue weighted by Gasteiger charge is -2.45. The molecule has 1 aliphatic rings. The number of fused-ring (bicyclic) bond motifs is 5. The number of para-hydroxylation sites is 3. The number of quaternary nitrogens is 1. The van der Waals surface area contributed by atoms with E-state index in [0.717, 1.165) is 62.3 Å². The number of nitrogens with zero attached hydrogens (tertiary/aromatic N) is 5. The van der Waals surface area contributed by atoms with Gasteiger partial charge in [0.15, 0.2) is 11.4 Å². The zero-order valence-electron chi connectivity index (χ0n) is 34.7. The van der Waals surface area contributed by atoms with Gasteiger partial charge in [-0.15, -0.1) is 0 Å². The molecule has 0 saturated carbocycles. The van der Waals surface area contributed by atoms with Crippen molar-refractivity contribution in [3.05, 3.63) is 217 Å². The van der Waals surface area contributed by atoms with Crippen molar-refractivity contribution in [3.8, 4) is 28.2 Å². The van der Waals surface area contributed by atoms with Crippen molar-refractivity contribution in [2.24, 2.45) is 0 Å².